The third-order valence-electron chi connectivity index (χ3n) is 2.56. The predicted molar refractivity (Wildman–Crippen MR) is 69.1 cm³/mol. The molecule has 0 bridgehead atoms. The van der Waals surface area contributed by atoms with Gasteiger partial charge in [-0.25, -0.2) is 0 Å². The van der Waals surface area contributed by atoms with Crippen molar-refractivity contribution >= 4 is 17.5 Å². The lowest BCUT2D eigenvalue weighted by Crippen LogP contribution is -1.90. The number of allylic oxidation sites excluding steroid dienone is 1. The van der Waals surface area contributed by atoms with Gasteiger partial charge in [0, 0.05) is 11.8 Å². The molecule has 0 saturated carbocycles. The van der Waals surface area contributed by atoms with Crippen LogP contribution in [0.15, 0.2) is 23.7 Å². The van der Waals surface area contributed by atoms with Crippen molar-refractivity contribution < 1.29 is 0 Å². The molecule has 0 aliphatic carbocycles. The first-order valence-electron chi connectivity index (χ1n) is 5.38. The molecule has 0 aromatic heterocycles. The van der Waals surface area contributed by atoms with Gasteiger partial charge in [0.1, 0.15) is 0 Å². The molecular formula is C14H19N. The number of rotatable bonds is 3. The molecule has 0 amide bonds. The highest BCUT2D eigenvalue weighted by molar-refractivity contribution is 5.76. The summed E-state index contributed by atoms with van der Waals surface area (Å²) in [5.41, 5.74) is 5.95. The van der Waals surface area contributed by atoms with E-state index in [0.717, 1.165) is 23.2 Å². The van der Waals surface area contributed by atoms with Crippen molar-refractivity contribution in [3.05, 3.63) is 35.4 Å². The SMILES string of the molecule is C=C(C)c1cc(C)c(CC)cc1/N=C\C. The van der Waals surface area contributed by atoms with E-state index in [4.69, 9.17) is 0 Å². The molecule has 0 unspecified atom stereocenters. The molecule has 0 N–H and O–H groups in total. The van der Waals surface area contributed by atoms with Crippen LogP contribution in [0.1, 0.15) is 37.5 Å². The Morgan fingerprint density at radius 2 is 2.13 bits per heavy atom. The van der Waals surface area contributed by atoms with Crippen molar-refractivity contribution in [3.63, 3.8) is 0 Å². The lowest BCUT2D eigenvalue weighted by molar-refractivity contribution is 1.11. The van der Waals surface area contributed by atoms with E-state index in [-0.39, 0.29) is 0 Å². The average molecular weight is 201 g/mol. The standard InChI is InChI=1S/C14H19N/c1-6-12-9-14(15-7-2)13(10(3)4)8-11(12)5/h7-9H,3,6H2,1-2,4-5H3/b15-7-. The van der Waals surface area contributed by atoms with E-state index in [2.05, 4.69) is 37.6 Å². The highest BCUT2D eigenvalue weighted by Gasteiger charge is 2.05. The quantitative estimate of drug-likeness (QED) is 0.646. The minimum absolute atomic E-state index is 1.03. The zero-order valence-corrected chi connectivity index (χ0v) is 10.1. The fourth-order valence-corrected chi connectivity index (χ4v) is 1.71. The van der Waals surface area contributed by atoms with Gasteiger partial charge in [0.15, 0.2) is 0 Å². The third-order valence-corrected chi connectivity index (χ3v) is 2.56. The monoisotopic (exact) mass is 201 g/mol. The molecule has 0 saturated heterocycles. The van der Waals surface area contributed by atoms with E-state index in [1.54, 1.807) is 0 Å². The van der Waals surface area contributed by atoms with Crippen molar-refractivity contribution in [2.45, 2.75) is 34.1 Å². The molecule has 0 aliphatic heterocycles. The average Bonchev–Trinajstić information content (AvgIpc) is 2.20. The van der Waals surface area contributed by atoms with E-state index < -0.39 is 0 Å². The number of nitrogens with zero attached hydrogens (tertiary/aromatic N) is 1. The van der Waals surface area contributed by atoms with Crippen LogP contribution in [0.3, 0.4) is 0 Å². The number of hydrogen-bond acceptors (Lipinski definition) is 1. The second kappa shape index (κ2) is 4.92. The normalized spacial score (nSPS) is 10.9. The highest BCUT2D eigenvalue weighted by atomic mass is 14.7. The Bertz CT molecular complexity index is 400. The maximum atomic E-state index is 4.39. The second-order valence-electron chi connectivity index (χ2n) is 3.82. The molecule has 1 heteroatoms. The molecule has 0 atom stereocenters. The van der Waals surface area contributed by atoms with Crippen molar-refractivity contribution in [1.29, 1.82) is 0 Å². The number of hydrogen-bond donors (Lipinski definition) is 0. The van der Waals surface area contributed by atoms with Gasteiger partial charge in [-0.05, 0) is 56.0 Å². The fraction of sp³-hybridized carbons (Fsp3) is 0.357. The zero-order valence-electron chi connectivity index (χ0n) is 10.1. The molecule has 80 valence electrons. The maximum Gasteiger partial charge on any atom is 0.0703 e. The minimum Gasteiger partial charge on any atom is -0.261 e. The molecule has 0 spiro atoms. The predicted octanol–water partition coefficient (Wildman–Crippen LogP) is 4.31. The van der Waals surface area contributed by atoms with Crippen LogP contribution in [0.25, 0.3) is 5.57 Å². The van der Waals surface area contributed by atoms with Gasteiger partial charge < -0.3 is 0 Å². The van der Waals surface area contributed by atoms with Crippen molar-refractivity contribution in [2.75, 3.05) is 0 Å². The molecule has 0 heterocycles. The van der Waals surface area contributed by atoms with Crippen LogP contribution < -0.4 is 0 Å². The van der Waals surface area contributed by atoms with Gasteiger partial charge >= 0.3 is 0 Å². The van der Waals surface area contributed by atoms with E-state index in [0.29, 0.717) is 0 Å². The Kier molecular flexibility index (Phi) is 3.84. The first-order chi connectivity index (χ1) is 7.10. The largest absolute Gasteiger partial charge is 0.261 e. The van der Waals surface area contributed by atoms with Gasteiger partial charge in [0.2, 0.25) is 0 Å². The van der Waals surface area contributed by atoms with Gasteiger partial charge in [0.05, 0.1) is 5.69 Å². The highest BCUT2D eigenvalue weighted by Crippen LogP contribution is 2.28. The summed E-state index contributed by atoms with van der Waals surface area (Å²) in [6, 6.07) is 4.35. The van der Waals surface area contributed by atoms with Gasteiger partial charge in [-0.2, -0.15) is 0 Å². The topological polar surface area (TPSA) is 12.4 Å². The van der Waals surface area contributed by atoms with E-state index in [1.807, 2.05) is 20.1 Å². The smallest absolute Gasteiger partial charge is 0.0703 e. The summed E-state index contributed by atoms with van der Waals surface area (Å²) in [5, 5.41) is 0. The molecule has 1 aromatic rings. The Morgan fingerprint density at radius 1 is 1.47 bits per heavy atom. The fourth-order valence-electron chi connectivity index (χ4n) is 1.71. The summed E-state index contributed by atoms with van der Waals surface area (Å²) < 4.78 is 0. The molecule has 0 radical (unpaired) electrons. The van der Waals surface area contributed by atoms with Crippen LogP contribution in [-0.2, 0) is 6.42 Å². The summed E-state index contributed by atoms with van der Waals surface area (Å²) >= 11 is 0. The van der Waals surface area contributed by atoms with E-state index in [9.17, 15) is 0 Å². The first-order valence-corrected chi connectivity index (χ1v) is 5.38. The Morgan fingerprint density at radius 3 is 2.60 bits per heavy atom. The van der Waals surface area contributed by atoms with Crippen molar-refractivity contribution in [2.24, 2.45) is 4.99 Å². The van der Waals surface area contributed by atoms with Crippen LogP contribution in [0.4, 0.5) is 5.69 Å². The summed E-state index contributed by atoms with van der Waals surface area (Å²) in [6.07, 6.45) is 2.88. The third kappa shape index (κ3) is 2.56. The van der Waals surface area contributed by atoms with Gasteiger partial charge in [-0.3, -0.25) is 4.99 Å². The molecule has 1 nitrogen and oxygen atoms in total. The van der Waals surface area contributed by atoms with E-state index in [1.165, 1.54) is 11.1 Å². The van der Waals surface area contributed by atoms with Crippen LogP contribution in [0.5, 0.6) is 0 Å². The zero-order chi connectivity index (χ0) is 11.4. The molecular weight excluding hydrogens is 182 g/mol. The summed E-state index contributed by atoms with van der Waals surface area (Å²) in [5.74, 6) is 0. The van der Waals surface area contributed by atoms with E-state index >= 15 is 0 Å². The van der Waals surface area contributed by atoms with Crippen LogP contribution >= 0.6 is 0 Å². The van der Waals surface area contributed by atoms with Crippen LogP contribution in [0.2, 0.25) is 0 Å². The first kappa shape index (κ1) is 11.7. The summed E-state index contributed by atoms with van der Waals surface area (Å²) in [4.78, 5) is 4.39. The minimum atomic E-state index is 1.03. The van der Waals surface area contributed by atoms with Crippen molar-refractivity contribution in [1.82, 2.24) is 0 Å². The molecule has 0 fully saturated rings. The molecule has 0 aliphatic rings. The molecule has 1 rings (SSSR count). The van der Waals surface area contributed by atoms with Crippen LogP contribution in [0, 0.1) is 6.92 Å². The Labute approximate surface area is 92.6 Å². The van der Waals surface area contributed by atoms with Gasteiger partial charge in [0.25, 0.3) is 0 Å². The Hall–Kier alpha value is -1.37. The van der Waals surface area contributed by atoms with Crippen LogP contribution in [-0.4, -0.2) is 6.21 Å². The summed E-state index contributed by atoms with van der Waals surface area (Å²) in [6.45, 7) is 12.3. The lowest BCUT2D eigenvalue weighted by Gasteiger charge is -2.10. The number of aryl methyl sites for hydroxylation is 2. The second-order valence-corrected chi connectivity index (χ2v) is 3.82. The Balaban J connectivity index is 3.38. The van der Waals surface area contributed by atoms with Gasteiger partial charge in [-0.1, -0.05) is 13.5 Å². The lowest BCUT2D eigenvalue weighted by atomic mass is 9.98. The summed E-state index contributed by atoms with van der Waals surface area (Å²) in [7, 11) is 0. The molecule has 1 aromatic carbocycles. The maximum absolute atomic E-state index is 4.39. The molecule has 15 heavy (non-hydrogen) atoms. The number of aliphatic imine (C=N–C) groups is 1. The number of benzene rings is 1. The van der Waals surface area contributed by atoms with Gasteiger partial charge in [-0.15, -0.1) is 0 Å². The van der Waals surface area contributed by atoms with Crippen molar-refractivity contribution in [3.8, 4) is 0 Å².